The highest BCUT2D eigenvalue weighted by Crippen LogP contribution is 2.30. The van der Waals surface area contributed by atoms with E-state index < -0.39 is 28.2 Å². The van der Waals surface area contributed by atoms with E-state index in [4.69, 9.17) is 4.74 Å². The van der Waals surface area contributed by atoms with Crippen molar-refractivity contribution in [3.05, 3.63) is 71.6 Å². The van der Waals surface area contributed by atoms with Crippen LogP contribution in [0.5, 0.6) is 5.75 Å². The van der Waals surface area contributed by atoms with Crippen LogP contribution in [-0.2, 0) is 21.2 Å². The smallest absolute Gasteiger partial charge is 0.323 e. The standard InChI is InChI=1S/C28H34N4O6S2/c1-19-16-32(20(2)18-33)26(34)15-21-14-23(30-28(35)29-22-8-5-4-6-9-22)11-12-24(21)38-25(19)17-31(3)40(36,37)27-10-7-13-39-27/h4-14,19-20,25,33H,15-18H2,1-3H3,(H2,29,30,35)/t19-,20-,25-/m0/s1. The highest BCUT2D eigenvalue weighted by molar-refractivity contribution is 7.91. The first-order valence-corrected chi connectivity index (χ1v) is 15.2. The molecule has 3 amide bonds. The van der Waals surface area contributed by atoms with Gasteiger partial charge in [0.2, 0.25) is 5.91 Å². The summed E-state index contributed by atoms with van der Waals surface area (Å²) in [6.07, 6.45) is -0.615. The largest absolute Gasteiger partial charge is 0.488 e. The molecule has 40 heavy (non-hydrogen) atoms. The van der Waals surface area contributed by atoms with E-state index in [1.54, 1.807) is 59.7 Å². The zero-order chi connectivity index (χ0) is 28.9. The molecule has 1 aliphatic heterocycles. The molecule has 3 atom stereocenters. The summed E-state index contributed by atoms with van der Waals surface area (Å²) < 4.78 is 34.2. The second-order valence-corrected chi connectivity index (χ2v) is 13.1. The number of aliphatic hydroxyl groups excluding tert-OH is 1. The quantitative estimate of drug-likeness (QED) is 0.368. The number of benzene rings is 2. The minimum atomic E-state index is -3.72. The summed E-state index contributed by atoms with van der Waals surface area (Å²) in [6.45, 7) is 3.77. The third-order valence-electron chi connectivity index (χ3n) is 6.80. The molecule has 0 spiro atoms. The fourth-order valence-electron chi connectivity index (χ4n) is 4.46. The SMILES string of the molecule is C[C@H]1CN([C@@H](C)CO)C(=O)Cc2cc(NC(=O)Nc3ccccc3)ccc2O[C@H]1CN(C)S(=O)(=O)c1cccs1. The maximum absolute atomic E-state index is 13.4. The van der Waals surface area contributed by atoms with Crippen molar-refractivity contribution in [1.29, 1.82) is 0 Å². The molecular formula is C28H34N4O6S2. The van der Waals surface area contributed by atoms with Gasteiger partial charge in [-0.1, -0.05) is 31.2 Å². The van der Waals surface area contributed by atoms with E-state index in [2.05, 4.69) is 10.6 Å². The van der Waals surface area contributed by atoms with Gasteiger partial charge in [0.15, 0.2) is 0 Å². The molecule has 0 saturated carbocycles. The number of nitrogens with zero attached hydrogens (tertiary/aromatic N) is 2. The van der Waals surface area contributed by atoms with Crippen LogP contribution in [0, 0.1) is 5.92 Å². The van der Waals surface area contributed by atoms with Crippen LogP contribution in [0.1, 0.15) is 19.4 Å². The van der Waals surface area contributed by atoms with Crippen molar-refractivity contribution in [2.24, 2.45) is 5.92 Å². The normalized spacial score (nSPS) is 18.6. The Kier molecular flexibility index (Phi) is 9.46. The number of likely N-dealkylation sites (N-methyl/N-ethyl adjacent to an activating group) is 1. The van der Waals surface area contributed by atoms with E-state index in [0.717, 1.165) is 11.3 Å². The van der Waals surface area contributed by atoms with Crippen molar-refractivity contribution in [3.63, 3.8) is 0 Å². The van der Waals surface area contributed by atoms with Crippen LogP contribution in [0.4, 0.5) is 16.2 Å². The lowest BCUT2D eigenvalue weighted by molar-refractivity contribution is -0.134. The van der Waals surface area contributed by atoms with Gasteiger partial charge in [-0.2, -0.15) is 4.31 Å². The summed E-state index contributed by atoms with van der Waals surface area (Å²) in [4.78, 5) is 27.6. The fraction of sp³-hybridized carbons (Fsp3) is 0.357. The van der Waals surface area contributed by atoms with Crippen LogP contribution in [0.25, 0.3) is 0 Å². The number of nitrogens with one attached hydrogen (secondary N) is 2. The first-order chi connectivity index (χ1) is 19.1. The number of amides is 3. The Balaban J connectivity index is 1.61. The number of aliphatic hydroxyl groups is 1. The molecule has 1 aliphatic rings. The molecule has 2 aromatic carbocycles. The van der Waals surface area contributed by atoms with Crippen molar-refractivity contribution < 1.29 is 27.9 Å². The van der Waals surface area contributed by atoms with Gasteiger partial charge in [0.1, 0.15) is 16.1 Å². The van der Waals surface area contributed by atoms with Gasteiger partial charge in [-0.05, 0) is 48.7 Å². The first-order valence-electron chi connectivity index (χ1n) is 12.9. The zero-order valence-corrected chi connectivity index (χ0v) is 24.2. The van der Waals surface area contributed by atoms with E-state index >= 15 is 0 Å². The van der Waals surface area contributed by atoms with Crippen molar-refractivity contribution >= 4 is 44.7 Å². The summed E-state index contributed by atoms with van der Waals surface area (Å²) in [5.41, 5.74) is 1.64. The minimum Gasteiger partial charge on any atom is -0.488 e. The topological polar surface area (TPSA) is 128 Å². The lowest BCUT2D eigenvalue weighted by Gasteiger charge is -2.33. The number of fused-ring (bicyclic) bond motifs is 1. The average molecular weight is 587 g/mol. The molecule has 2 heterocycles. The molecule has 3 N–H and O–H groups in total. The number of sulfonamides is 1. The molecule has 10 nitrogen and oxygen atoms in total. The molecule has 3 aromatic rings. The number of thiophene rings is 1. The maximum Gasteiger partial charge on any atom is 0.323 e. The van der Waals surface area contributed by atoms with E-state index in [9.17, 15) is 23.1 Å². The Hall–Kier alpha value is -3.45. The van der Waals surface area contributed by atoms with Crippen LogP contribution >= 0.6 is 11.3 Å². The van der Waals surface area contributed by atoms with Crippen molar-refractivity contribution in [1.82, 2.24) is 9.21 Å². The van der Waals surface area contributed by atoms with E-state index in [-0.39, 0.29) is 42.2 Å². The van der Waals surface area contributed by atoms with Gasteiger partial charge in [-0.15, -0.1) is 11.3 Å². The molecular weight excluding hydrogens is 552 g/mol. The predicted octanol–water partition coefficient (Wildman–Crippen LogP) is 3.86. The molecule has 214 valence electrons. The number of carbonyl (C=O) groups excluding carboxylic acids is 2. The maximum atomic E-state index is 13.4. The second kappa shape index (κ2) is 12.8. The number of anilines is 2. The van der Waals surface area contributed by atoms with Crippen LogP contribution in [0.15, 0.2) is 70.3 Å². The summed E-state index contributed by atoms with van der Waals surface area (Å²) in [7, 11) is -2.21. The Morgan fingerprint density at radius 3 is 2.55 bits per heavy atom. The molecule has 0 unspecified atom stereocenters. The van der Waals surface area contributed by atoms with Gasteiger partial charge < -0.3 is 25.4 Å². The molecule has 0 bridgehead atoms. The lowest BCUT2D eigenvalue weighted by Crippen LogP contribution is -2.48. The van der Waals surface area contributed by atoms with Gasteiger partial charge in [-0.25, -0.2) is 13.2 Å². The highest BCUT2D eigenvalue weighted by atomic mass is 32.2. The number of ether oxygens (including phenoxy) is 1. The molecule has 1 aromatic heterocycles. The first kappa shape index (κ1) is 29.5. The van der Waals surface area contributed by atoms with Crippen LogP contribution in [0.2, 0.25) is 0 Å². The third kappa shape index (κ3) is 7.00. The summed E-state index contributed by atoms with van der Waals surface area (Å²) >= 11 is 1.14. The van der Waals surface area contributed by atoms with Gasteiger partial charge >= 0.3 is 6.03 Å². The van der Waals surface area contributed by atoms with Crippen LogP contribution in [0.3, 0.4) is 0 Å². The van der Waals surface area contributed by atoms with Crippen LogP contribution < -0.4 is 15.4 Å². The number of hydrogen-bond donors (Lipinski definition) is 3. The summed E-state index contributed by atoms with van der Waals surface area (Å²) in [5, 5.41) is 17.1. The third-order valence-corrected chi connectivity index (χ3v) is 10.00. The molecule has 0 fully saturated rings. The number of urea groups is 1. The summed E-state index contributed by atoms with van der Waals surface area (Å²) in [6, 6.07) is 16.4. The Bertz CT molecular complexity index is 1420. The van der Waals surface area contributed by atoms with Gasteiger partial charge in [0.25, 0.3) is 10.0 Å². The molecule has 0 saturated heterocycles. The van der Waals surface area contributed by atoms with Crippen molar-refractivity contribution in [2.45, 2.75) is 36.6 Å². The molecule has 0 aliphatic carbocycles. The molecule has 4 rings (SSSR count). The number of hydrogen-bond acceptors (Lipinski definition) is 7. The minimum absolute atomic E-state index is 0.0156. The van der Waals surface area contributed by atoms with Crippen LogP contribution in [-0.4, -0.2) is 73.6 Å². The molecule has 0 radical (unpaired) electrons. The number of para-hydroxylation sites is 1. The summed E-state index contributed by atoms with van der Waals surface area (Å²) in [5.74, 6) is -0.0386. The molecule has 12 heteroatoms. The Morgan fingerprint density at radius 1 is 1.15 bits per heavy atom. The van der Waals surface area contributed by atoms with Gasteiger partial charge in [0.05, 0.1) is 25.6 Å². The van der Waals surface area contributed by atoms with E-state index in [0.29, 0.717) is 22.7 Å². The average Bonchev–Trinajstić information content (AvgIpc) is 3.49. The number of carbonyl (C=O) groups is 2. The van der Waals surface area contributed by atoms with E-state index in [1.807, 2.05) is 25.1 Å². The number of rotatable bonds is 8. The lowest BCUT2D eigenvalue weighted by atomic mass is 10.0. The van der Waals surface area contributed by atoms with E-state index in [1.165, 1.54) is 11.4 Å². The van der Waals surface area contributed by atoms with Crippen molar-refractivity contribution in [2.75, 3.05) is 37.4 Å². The zero-order valence-electron chi connectivity index (χ0n) is 22.6. The second-order valence-electron chi connectivity index (χ2n) is 9.87. The highest BCUT2D eigenvalue weighted by Gasteiger charge is 2.33. The Morgan fingerprint density at radius 2 is 1.88 bits per heavy atom. The fourth-order valence-corrected chi connectivity index (χ4v) is 6.84. The van der Waals surface area contributed by atoms with Crippen molar-refractivity contribution in [3.8, 4) is 5.75 Å². The monoisotopic (exact) mass is 586 g/mol. The van der Waals surface area contributed by atoms with Gasteiger partial charge in [0, 0.05) is 36.4 Å². The predicted molar refractivity (Wildman–Crippen MR) is 155 cm³/mol. The Labute approximate surface area is 238 Å². The van der Waals surface area contributed by atoms with Gasteiger partial charge in [-0.3, -0.25) is 4.79 Å².